The van der Waals surface area contributed by atoms with Gasteiger partial charge in [-0.2, -0.15) is 0 Å². The number of furan rings is 1. The molecule has 2 saturated carbocycles. The van der Waals surface area contributed by atoms with Crippen molar-refractivity contribution in [1.82, 2.24) is 0 Å². The summed E-state index contributed by atoms with van der Waals surface area (Å²) in [5, 5.41) is 0. The predicted molar refractivity (Wildman–Crippen MR) is 109 cm³/mol. The second-order valence-corrected chi connectivity index (χ2v) is 10.1. The van der Waals surface area contributed by atoms with Crippen molar-refractivity contribution < 1.29 is 33.1 Å². The van der Waals surface area contributed by atoms with Crippen LogP contribution in [0.1, 0.15) is 64.5 Å². The van der Waals surface area contributed by atoms with Crippen LogP contribution in [0.25, 0.3) is 0 Å². The molecule has 7 heteroatoms. The van der Waals surface area contributed by atoms with Crippen LogP contribution in [0.15, 0.2) is 16.9 Å². The largest absolute Gasteiger partial charge is 0.472 e. The van der Waals surface area contributed by atoms with E-state index in [1.807, 2.05) is 0 Å². The van der Waals surface area contributed by atoms with Crippen molar-refractivity contribution in [1.29, 1.82) is 0 Å². The third-order valence-corrected chi connectivity index (χ3v) is 8.31. The summed E-state index contributed by atoms with van der Waals surface area (Å²) in [5.74, 6) is -1.75. The Hall–Kier alpha value is -2.44. The Balaban J connectivity index is 1.80. The van der Waals surface area contributed by atoms with Crippen LogP contribution < -0.4 is 0 Å². The van der Waals surface area contributed by atoms with Crippen molar-refractivity contribution in [3.8, 4) is 0 Å². The summed E-state index contributed by atoms with van der Waals surface area (Å²) >= 11 is 0. The molecule has 0 spiro atoms. The van der Waals surface area contributed by atoms with E-state index in [1.54, 1.807) is 19.5 Å². The van der Waals surface area contributed by atoms with E-state index in [1.165, 1.54) is 13.8 Å². The van der Waals surface area contributed by atoms with Crippen LogP contribution in [0.5, 0.6) is 0 Å². The van der Waals surface area contributed by atoms with Gasteiger partial charge in [-0.05, 0) is 55.4 Å². The molecule has 0 bridgehead atoms. The number of ether oxygens (including phenoxy) is 2. The first-order chi connectivity index (χ1) is 14.5. The lowest BCUT2D eigenvalue weighted by atomic mass is 9.40. The number of carbonyl (C=O) groups is 4. The summed E-state index contributed by atoms with van der Waals surface area (Å²) in [6, 6.07) is 0. The number of rotatable bonds is 4. The van der Waals surface area contributed by atoms with E-state index in [9.17, 15) is 19.2 Å². The molecule has 0 aromatic carbocycles. The number of fused-ring (bicyclic) bond motifs is 5. The Kier molecular flexibility index (Phi) is 5.14. The highest BCUT2D eigenvalue weighted by Crippen LogP contribution is 2.66. The molecule has 1 aromatic heterocycles. The quantitative estimate of drug-likeness (QED) is 0.534. The van der Waals surface area contributed by atoms with Crippen LogP contribution in [0.2, 0.25) is 0 Å². The molecule has 0 amide bonds. The van der Waals surface area contributed by atoms with Crippen LogP contribution >= 0.6 is 0 Å². The third kappa shape index (κ3) is 3.15. The number of carbonyl (C=O) groups excluding carboxylic acids is 4. The van der Waals surface area contributed by atoms with Gasteiger partial charge in [0.25, 0.3) is 0 Å². The average molecular weight is 430 g/mol. The van der Waals surface area contributed by atoms with Crippen molar-refractivity contribution in [3.63, 3.8) is 0 Å². The summed E-state index contributed by atoms with van der Waals surface area (Å²) < 4.78 is 16.4. The number of ketones is 2. The summed E-state index contributed by atoms with van der Waals surface area (Å²) in [6.07, 6.45) is 6.66. The molecular formula is C24H30O7. The molecule has 7 nitrogen and oxygen atoms in total. The van der Waals surface area contributed by atoms with Crippen LogP contribution in [0, 0.1) is 22.7 Å². The van der Waals surface area contributed by atoms with E-state index in [0.717, 1.165) is 24.0 Å². The summed E-state index contributed by atoms with van der Waals surface area (Å²) in [6.45, 7) is 6.70. The standard InChI is InChI=1S/C24H30O7/c1-14(25)30-12-23(4)19-7-8-24(13-31-15(2)26)17-11-29-10-16(17)5-6-20(24)22(19,3)9-18(27)21(23)28/h10-11,19-20H,5-9,12-13H2,1-4H3/t19-,20-,22+,23-,24-/m1/s1. The molecule has 168 valence electrons. The molecule has 0 unspecified atom stereocenters. The highest BCUT2D eigenvalue weighted by molar-refractivity contribution is 6.40. The lowest BCUT2D eigenvalue weighted by Crippen LogP contribution is -2.65. The Morgan fingerprint density at radius 3 is 2.39 bits per heavy atom. The van der Waals surface area contributed by atoms with Gasteiger partial charge in [0.2, 0.25) is 5.78 Å². The minimum Gasteiger partial charge on any atom is -0.472 e. The second kappa shape index (κ2) is 7.31. The molecular weight excluding hydrogens is 400 g/mol. The van der Waals surface area contributed by atoms with Crippen molar-refractivity contribution in [2.24, 2.45) is 22.7 Å². The van der Waals surface area contributed by atoms with Gasteiger partial charge >= 0.3 is 11.9 Å². The molecule has 5 atom stereocenters. The fraction of sp³-hybridized carbons (Fsp3) is 0.667. The Bertz CT molecular complexity index is 945. The van der Waals surface area contributed by atoms with E-state index >= 15 is 0 Å². The fourth-order valence-electron chi connectivity index (χ4n) is 7.06. The van der Waals surface area contributed by atoms with Crippen LogP contribution in [0.3, 0.4) is 0 Å². The normalized spacial score (nSPS) is 36.8. The molecule has 2 fully saturated rings. The van der Waals surface area contributed by atoms with E-state index < -0.39 is 33.8 Å². The molecule has 0 radical (unpaired) electrons. The highest BCUT2D eigenvalue weighted by atomic mass is 16.5. The van der Waals surface area contributed by atoms with Gasteiger partial charge in [0.15, 0.2) is 5.78 Å². The second-order valence-electron chi connectivity index (χ2n) is 10.1. The van der Waals surface area contributed by atoms with E-state index in [2.05, 4.69) is 6.92 Å². The van der Waals surface area contributed by atoms with Gasteiger partial charge in [0, 0.05) is 31.2 Å². The van der Waals surface area contributed by atoms with E-state index in [-0.39, 0.29) is 37.4 Å². The number of hydrogen-bond acceptors (Lipinski definition) is 7. The smallest absolute Gasteiger partial charge is 0.302 e. The van der Waals surface area contributed by atoms with Crippen LogP contribution in [-0.4, -0.2) is 36.7 Å². The molecule has 1 heterocycles. The Morgan fingerprint density at radius 1 is 1.03 bits per heavy atom. The van der Waals surface area contributed by atoms with Crippen molar-refractivity contribution in [2.75, 3.05) is 13.2 Å². The van der Waals surface area contributed by atoms with Crippen molar-refractivity contribution in [2.45, 2.75) is 65.2 Å². The van der Waals surface area contributed by atoms with Gasteiger partial charge in [-0.3, -0.25) is 19.2 Å². The predicted octanol–water partition coefficient (Wildman–Crippen LogP) is 3.17. The van der Waals surface area contributed by atoms with Crippen molar-refractivity contribution >= 4 is 23.5 Å². The molecule has 3 aliphatic rings. The number of Topliss-reactive ketones (excluding diaryl/α,β-unsaturated/α-hetero) is 2. The van der Waals surface area contributed by atoms with E-state index in [0.29, 0.717) is 12.8 Å². The Morgan fingerprint density at radius 2 is 1.71 bits per heavy atom. The highest BCUT2D eigenvalue weighted by Gasteiger charge is 2.67. The third-order valence-electron chi connectivity index (χ3n) is 8.31. The molecule has 0 N–H and O–H groups in total. The topological polar surface area (TPSA) is 99.9 Å². The van der Waals surface area contributed by atoms with Gasteiger partial charge < -0.3 is 13.9 Å². The van der Waals surface area contributed by atoms with Crippen LogP contribution in [0.4, 0.5) is 0 Å². The molecule has 0 aliphatic heterocycles. The Labute approximate surface area is 181 Å². The fourth-order valence-corrected chi connectivity index (χ4v) is 7.06. The molecule has 0 saturated heterocycles. The number of aryl methyl sites for hydroxylation is 1. The first-order valence-corrected chi connectivity index (χ1v) is 10.9. The van der Waals surface area contributed by atoms with Gasteiger partial charge in [-0.1, -0.05) is 6.92 Å². The summed E-state index contributed by atoms with van der Waals surface area (Å²) in [7, 11) is 0. The first-order valence-electron chi connectivity index (χ1n) is 10.9. The van der Waals surface area contributed by atoms with Gasteiger partial charge in [-0.15, -0.1) is 0 Å². The minimum absolute atomic E-state index is 0.0249. The van der Waals surface area contributed by atoms with Crippen LogP contribution in [-0.2, 0) is 40.5 Å². The molecule has 31 heavy (non-hydrogen) atoms. The summed E-state index contributed by atoms with van der Waals surface area (Å²) in [5.41, 5.74) is 0.162. The average Bonchev–Trinajstić information content (AvgIpc) is 3.19. The zero-order chi connectivity index (χ0) is 22.6. The lowest BCUT2D eigenvalue weighted by Gasteiger charge is -2.63. The van der Waals surface area contributed by atoms with Gasteiger partial charge in [-0.25, -0.2) is 0 Å². The van der Waals surface area contributed by atoms with E-state index in [4.69, 9.17) is 13.9 Å². The molecule has 3 aliphatic carbocycles. The first kappa shape index (κ1) is 21.8. The lowest BCUT2D eigenvalue weighted by molar-refractivity contribution is -0.180. The summed E-state index contributed by atoms with van der Waals surface area (Å²) in [4.78, 5) is 49.2. The SMILES string of the molecule is CC(=O)OC[C@@]12CC[C@@H]3[C@](C)(CC(=O)C(=O)[C@]3(C)COC(C)=O)[C@H]1CCc1cocc12. The molecule has 1 aromatic rings. The van der Waals surface area contributed by atoms with Gasteiger partial charge in [0.1, 0.15) is 13.2 Å². The number of hydrogen-bond donors (Lipinski definition) is 0. The minimum atomic E-state index is -1.06. The maximum atomic E-state index is 13.0. The zero-order valence-electron chi connectivity index (χ0n) is 18.6. The number of esters is 2. The zero-order valence-corrected chi connectivity index (χ0v) is 18.6. The monoisotopic (exact) mass is 430 g/mol. The van der Waals surface area contributed by atoms with Crippen molar-refractivity contribution in [3.05, 3.63) is 23.7 Å². The molecule has 4 rings (SSSR count). The maximum absolute atomic E-state index is 13.0. The maximum Gasteiger partial charge on any atom is 0.302 e. The van der Waals surface area contributed by atoms with Gasteiger partial charge in [0.05, 0.1) is 17.9 Å².